The van der Waals surface area contributed by atoms with Crippen LogP contribution in [0.15, 0.2) is 53.4 Å². The van der Waals surface area contributed by atoms with Crippen molar-refractivity contribution < 1.29 is 17.9 Å². The standard InChI is InChI=1S/C21H22N2O4S/c1-15(27-18-10-6-16(14-22)7-11-18)21(24)23-17-8-12-20(13-9-17)28(25,26)19-4-2-3-5-19/h6-13,15,19H,2-5H2,1H3,(H,23,24). The zero-order valence-electron chi connectivity index (χ0n) is 15.6. The number of hydrogen-bond acceptors (Lipinski definition) is 5. The lowest BCUT2D eigenvalue weighted by Gasteiger charge is -2.15. The molecule has 7 heteroatoms. The van der Waals surface area contributed by atoms with Gasteiger partial charge in [0.2, 0.25) is 0 Å². The summed E-state index contributed by atoms with van der Waals surface area (Å²) in [5.74, 6) is 0.135. The van der Waals surface area contributed by atoms with Gasteiger partial charge < -0.3 is 10.1 Å². The van der Waals surface area contributed by atoms with E-state index in [4.69, 9.17) is 10.00 Å². The minimum Gasteiger partial charge on any atom is -0.481 e. The van der Waals surface area contributed by atoms with Gasteiger partial charge in [-0.15, -0.1) is 0 Å². The second-order valence-corrected chi connectivity index (χ2v) is 9.09. The first-order valence-corrected chi connectivity index (χ1v) is 10.8. The van der Waals surface area contributed by atoms with Gasteiger partial charge in [0.25, 0.3) is 5.91 Å². The number of carbonyl (C=O) groups is 1. The molecule has 2 aromatic carbocycles. The molecule has 0 bridgehead atoms. The molecular formula is C21H22N2O4S. The Morgan fingerprint density at radius 3 is 2.29 bits per heavy atom. The lowest BCUT2D eigenvalue weighted by molar-refractivity contribution is -0.122. The summed E-state index contributed by atoms with van der Waals surface area (Å²) < 4.78 is 30.8. The van der Waals surface area contributed by atoms with Gasteiger partial charge in [-0.2, -0.15) is 5.26 Å². The third kappa shape index (κ3) is 4.52. The Bertz CT molecular complexity index is 971. The largest absolute Gasteiger partial charge is 0.481 e. The van der Waals surface area contributed by atoms with Crippen LogP contribution in [0.2, 0.25) is 0 Å². The molecule has 146 valence electrons. The van der Waals surface area contributed by atoms with E-state index in [-0.39, 0.29) is 11.2 Å². The van der Waals surface area contributed by atoms with Gasteiger partial charge in [0.05, 0.1) is 21.8 Å². The zero-order chi connectivity index (χ0) is 20.1. The molecule has 1 N–H and O–H groups in total. The molecule has 1 atom stereocenters. The maximum absolute atomic E-state index is 12.6. The molecule has 0 spiro atoms. The summed E-state index contributed by atoms with van der Waals surface area (Å²) in [5.41, 5.74) is 1.02. The quantitative estimate of drug-likeness (QED) is 0.801. The molecule has 0 saturated heterocycles. The number of benzene rings is 2. The van der Waals surface area contributed by atoms with Crippen molar-refractivity contribution in [2.75, 3.05) is 5.32 Å². The summed E-state index contributed by atoms with van der Waals surface area (Å²) >= 11 is 0. The van der Waals surface area contributed by atoms with Crippen LogP contribution >= 0.6 is 0 Å². The smallest absolute Gasteiger partial charge is 0.265 e. The number of ether oxygens (including phenoxy) is 1. The molecular weight excluding hydrogens is 376 g/mol. The number of amides is 1. The first-order chi connectivity index (χ1) is 13.4. The van der Waals surface area contributed by atoms with Gasteiger partial charge in [-0.05, 0) is 68.3 Å². The van der Waals surface area contributed by atoms with Crippen molar-refractivity contribution in [1.29, 1.82) is 5.26 Å². The normalized spacial score (nSPS) is 15.6. The number of carbonyl (C=O) groups excluding carboxylic acids is 1. The number of nitrogens with zero attached hydrogens (tertiary/aromatic N) is 1. The Morgan fingerprint density at radius 2 is 1.71 bits per heavy atom. The average molecular weight is 398 g/mol. The van der Waals surface area contributed by atoms with Crippen LogP contribution in [0.5, 0.6) is 5.75 Å². The minimum absolute atomic E-state index is 0.291. The molecule has 1 aliphatic rings. The fourth-order valence-corrected chi connectivity index (χ4v) is 5.08. The second-order valence-electron chi connectivity index (χ2n) is 6.86. The lowest BCUT2D eigenvalue weighted by atomic mass is 10.2. The van der Waals surface area contributed by atoms with Gasteiger partial charge in [-0.3, -0.25) is 4.79 Å². The molecule has 28 heavy (non-hydrogen) atoms. The fraction of sp³-hybridized carbons (Fsp3) is 0.333. The van der Waals surface area contributed by atoms with Gasteiger partial charge in [-0.1, -0.05) is 12.8 Å². The molecule has 0 aromatic heterocycles. The maximum atomic E-state index is 12.6. The van der Waals surface area contributed by atoms with Crippen LogP contribution in [-0.2, 0) is 14.6 Å². The van der Waals surface area contributed by atoms with Gasteiger partial charge in [0, 0.05) is 5.69 Å². The highest BCUT2D eigenvalue weighted by Crippen LogP contribution is 2.30. The summed E-state index contributed by atoms with van der Waals surface area (Å²) in [4.78, 5) is 12.6. The summed E-state index contributed by atoms with van der Waals surface area (Å²) in [5, 5.41) is 11.2. The molecule has 0 heterocycles. The molecule has 1 unspecified atom stereocenters. The van der Waals surface area contributed by atoms with E-state index < -0.39 is 15.9 Å². The van der Waals surface area contributed by atoms with Crippen LogP contribution in [-0.4, -0.2) is 25.7 Å². The molecule has 0 aliphatic heterocycles. The SMILES string of the molecule is CC(Oc1ccc(C#N)cc1)C(=O)Nc1ccc(S(=O)(=O)C2CCCC2)cc1. The summed E-state index contributed by atoms with van der Waals surface area (Å²) in [6.45, 7) is 1.62. The molecule has 2 aromatic rings. The third-order valence-corrected chi connectivity index (χ3v) is 7.14. The van der Waals surface area contributed by atoms with E-state index in [0.717, 1.165) is 12.8 Å². The van der Waals surface area contributed by atoms with E-state index in [0.29, 0.717) is 34.7 Å². The van der Waals surface area contributed by atoms with Crippen LogP contribution in [0.4, 0.5) is 5.69 Å². The predicted octanol–water partition coefficient (Wildman–Crippen LogP) is 3.68. The number of rotatable bonds is 6. The van der Waals surface area contributed by atoms with Crippen molar-refractivity contribution in [2.45, 2.75) is 48.9 Å². The van der Waals surface area contributed by atoms with Gasteiger partial charge in [0.1, 0.15) is 5.75 Å². The van der Waals surface area contributed by atoms with E-state index in [1.165, 1.54) is 12.1 Å². The average Bonchev–Trinajstić information content (AvgIpc) is 3.25. The highest BCUT2D eigenvalue weighted by molar-refractivity contribution is 7.92. The summed E-state index contributed by atoms with van der Waals surface area (Å²) in [6.07, 6.45) is 2.58. The van der Waals surface area contributed by atoms with Gasteiger partial charge in [0.15, 0.2) is 15.9 Å². The third-order valence-electron chi connectivity index (χ3n) is 4.86. The van der Waals surface area contributed by atoms with Crippen molar-refractivity contribution in [2.24, 2.45) is 0 Å². The second kappa shape index (κ2) is 8.44. The van der Waals surface area contributed by atoms with Crippen LogP contribution < -0.4 is 10.1 Å². The minimum atomic E-state index is -3.31. The van der Waals surface area contributed by atoms with Crippen molar-refractivity contribution >= 4 is 21.4 Å². The van der Waals surface area contributed by atoms with Crippen molar-refractivity contribution in [1.82, 2.24) is 0 Å². The van der Waals surface area contributed by atoms with E-state index in [1.54, 1.807) is 43.3 Å². The first kappa shape index (κ1) is 19.9. The number of nitrogens with one attached hydrogen (secondary N) is 1. The molecule has 1 saturated carbocycles. The van der Waals surface area contributed by atoms with E-state index in [2.05, 4.69) is 5.32 Å². The Labute approximate surface area is 165 Å². The summed E-state index contributed by atoms with van der Waals surface area (Å²) in [6, 6.07) is 14.8. The van der Waals surface area contributed by atoms with E-state index in [9.17, 15) is 13.2 Å². The Kier molecular flexibility index (Phi) is 6.00. The van der Waals surface area contributed by atoms with E-state index in [1.807, 2.05) is 6.07 Å². The molecule has 6 nitrogen and oxygen atoms in total. The van der Waals surface area contributed by atoms with Gasteiger partial charge >= 0.3 is 0 Å². The monoisotopic (exact) mass is 398 g/mol. The molecule has 0 radical (unpaired) electrons. The fourth-order valence-electron chi connectivity index (χ4n) is 3.23. The van der Waals surface area contributed by atoms with Crippen LogP contribution in [0, 0.1) is 11.3 Å². The molecule has 1 amide bonds. The van der Waals surface area contributed by atoms with Gasteiger partial charge in [-0.25, -0.2) is 8.42 Å². The predicted molar refractivity (Wildman–Crippen MR) is 106 cm³/mol. The van der Waals surface area contributed by atoms with Crippen LogP contribution in [0.1, 0.15) is 38.2 Å². The molecule has 1 fully saturated rings. The highest BCUT2D eigenvalue weighted by Gasteiger charge is 2.30. The first-order valence-electron chi connectivity index (χ1n) is 9.22. The van der Waals surface area contributed by atoms with Crippen molar-refractivity contribution in [3.63, 3.8) is 0 Å². The number of nitriles is 1. The highest BCUT2D eigenvalue weighted by atomic mass is 32.2. The van der Waals surface area contributed by atoms with Crippen molar-refractivity contribution in [3.8, 4) is 11.8 Å². The Morgan fingerprint density at radius 1 is 1.11 bits per heavy atom. The van der Waals surface area contributed by atoms with Crippen molar-refractivity contribution in [3.05, 3.63) is 54.1 Å². The zero-order valence-corrected chi connectivity index (χ0v) is 16.4. The number of hydrogen-bond donors (Lipinski definition) is 1. The Balaban J connectivity index is 1.61. The van der Waals surface area contributed by atoms with Crippen LogP contribution in [0.25, 0.3) is 0 Å². The molecule has 1 aliphatic carbocycles. The number of anilines is 1. The maximum Gasteiger partial charge on any atom is 0.265 e. The summed E-state index contributed by atoms with van der Waals surface area (Å²) in [7, 11) is -3.31. The van der Waals surface area contributed by atoms with Crippen LogP contribution in [0.3, 0.4) is 0 Å². The lowest BCUT2D eigenvalue weighted by Crippen LogP contribution is -2.30. The number of sulfone groups is 1. The topological polar surface area (TPSA) is 96.3 Å². The van der Waals surface area contributed by atoms with E-state index >= 15 is 0 Å². The Hall–Kier alpha value is -2.85. The molecule has 3 rings (SSSR count).